The molecule has 168 valence electrons. The van der Waals surface area contributed by atoms with Crippen molar-refractivity contribution < 1.29 is 18.0 Å². The number of hydrogen-bond acceptors (Lipinski definition) is 4. The van der Waals surface area contributed by atoms with E-state index < -0.39 is 23.4 Å². The van der Waals surface area contributed by atoms with Gasteiger partial charge in [0.1, 0.15) is 5.82 Å². The van der Waals surface area contributed by atoms with Crippen molar-refractivity contribution in [1.29, 1.82) is 0 Å². The van der Waals surface area contributed by atoms with E-state index in [-0.39, 0.29) is 11.6 Å². The monoisotopic (exact) mass is 461 g/mol. The predicted molar refractivity (Wildman–Crippen MR) is 119 cm³/mol. The van der Waals surface area contributed by atoms with Gasteiger partial charge in [-0.2, -0.15) is 13.2 Å². The molecule has 1 aliphatic rings. The highest BCUT2D eigenvalue weighted by Gasteiger charge is 2.37. The summed E-state index contributed by atoms with van der Waals surface area (Å²) in [4.78, 5) is 22.0. The Kier molecular flexibility index (Phi) is 6.38. The second-order valence-electron chi connectivity index (χ2n) is 8.35. The molecule has 2 atom stereocenters. The summed E-state index contributed by atoms with van der Waals surface area (Å²) in [5.41, 5.74) is 1.01. The molecule has 0 aliphatic heterocycles. The van der Waals surface area contributed by atoms with Crippen LogP contribution in [0.25, 0.3) is 11.0 Å². The average Bonchev–Trinajstić information content (AvgIpc) is 2.98. The van der Waals surface area contributed by atoms with Crippen LogP contribution in [0.3, 0.4) is 0 Å². The Morgan fingerprint density at radius 3 is 2.66 bits per heavy atom. The van der Waals surface area contributed by atoms with Gasteiger partial charge in [0, 0.05) is 22.5 Å². The van der Waals surface area contributed by atoms with Crippen LogP contribution in [-0.2, 0) is 6.18 Å². The average molecular weight is 462 g/mol. The summed E-state index contributed by atoms with van der Waals surface area (Å²) in [5, 5.41) is 3.97. The number of rotatable bonds is 4. The van der Waals surface area contributed by atoms with Crippen molar-refractivity contribution >= 4 is 34.2 Å². The van der Waals surface area contributed by atoms with E-state index in [1.165, 1.54) is 12.1 Å². The summed E-state index contributed by atoms with van der Waals surface area (Å²) in [6.07, 6.45) is 0.426. The molecule has 1 aromatic heterocycles. The lowest BCUT2D eigenvalue weighted by atomic mass is 9.88. The maximum absolute atomic E-state index is 13.4. The summed E-state index contributed by atoms with van der Waals surface area (Å²) in [5.74, 6) is -0.203. The van der Waals surface area contributed by atoms with Crippen LogP contribution in [0.1, 0.15) is 53.6 Å². The number of aryl methyl sites for hydroxylation is 1. The maximum Gasteiger partial charge on any atom is 0.417 e. The normalized spacial score (nSPS) is 19.5. The Bertz CT molecular complexity index is 1150. The zero-order valence-electron chi connectivity index (χ0n) is 17.5. The van der Waals surface area contributed by atoms with Crippen molar-refractivity contribution in [2.45, 2.75) is 51.2 Å². The molecule has 8 heteroatoms. The van der Waals surface area contributed by atoms with E-state index in [2.05, 4.69) is 15.3 Å². The van der Waals surface area contributed by atoms with Crippen LogP contribution in [0.5, 0.6) is 0 Å². The molecule has 1 aliphatic carbocycles. The number of benzene rings is 2. The van der Waals surface area contributed by atoms with Gasteiger partial charge in [-0.1, -0.05) is 29.7 Å². The number of Topliss-reactive ketones (excluding diaryl/α,β-unsaturated/α-hetero) is 1. The van der Waals surface area contributed by atoms with Crippen molar-refractivity contribution in [2.75, 3.05) is 5.32 Å². The zero-order chi connectivity index (χ0) is 22.9. The Morgan fingerprint density at radius 2 is 1.88 bits per heavy atom. The standard InChI is InChI=1S/C24H23ClF3N3O/c1-14-5-9-19(24(26,27)28)18(11-14)23(32)15-3-2-4-17(8-6-15)30-22-13-29-21-12-16(25)7-10-20(21)31-22/h5,7,9-13,15,17H,2-4,6,8H2,1H3,(H,30,31)/t15?,17-/m0/s1. The fourth-order valence-corrected chi connectivity index (χ4v) is 4.47. The number of halogens is 4. The van der Waals surface area contributed by atoms with Crippen LogP contribution in [0.15, 0.2) is 42.6 Å². The quantitative estimate of drug-likeness (QED) is 0.341. The van der Waals surface area contributed by atoms with Gasteiger partial charge in [0.2, 0.25) is 0 Å². The third kappa shape index (κ3) is 5.04. The van der Waals surface area contributed by atoms with Gasteiger partial charge in [-0.15, -0.1) is 0 Å². The minimum Gasteiger partial charge on any atom is -0.366 e. The molecule has 3 aromatic rings. The van der Waals surface area contributed by atoms with Crippen LogP contribution < -0.4 is 5.32 Å². The Hall–Kier alpha value is -2.67. The van der Waals surface area contributed by atoms with Crippen LogP contribution in [0.2, 0.25) is 5.02 Å². The number of aromatic nitrogens is 2. The second-order valence-corrected chi connectivity index (χ2v) is 8.78. The first-order chi connectivity index (χ1) is 15.2. The summed E-state index contributed by atoms with van der Waals surface area (Å²) < 4.78 is 40.3. The summed E-state index contributed by atoms with van der Waals surface area (Å²) in [6.45, 7) is 1.70. The maximum atomic E-state index is 13.4. The Labute approximate surface area is 189 Å². The van der Waals surface area contributed by atoms with Crippen molar-refractivity contribution in [2.24, 2.45) is 5.92 Å². The van der Waals surface area contributed by atoms with Gasteiger partial charge in [-0.25, -0.2) is 4.98 Å². The predicted octanol–water partition coefficient (Wildman–Crippen LogP) is 6.85. The third-order valence-electron chi connectivity index (χ3n) is 5.94. The second kappa shape index (κ2) is 9.06. The first-order valence-corrected chi connectivity index (χ1v) is 11.0. The van der Waals surface area contributed by atoms with Crippen LogP contribution in [0.4, 0.5) is 19.0 Å². The first kappa shape index (κ1) is 22.5. The van der Waals surface area contributed by atoms with Gasteiger partial charge >= 0.3 is 6.18 Å². The van der Waals surface area contributed by atoms with Crippen LogP contribution >= 0.6 is 11.6 Å². The number of nitrogens with one attached hydrogen (secondary N) is 1. The van der Waals surface area contributed by atoms with E-state index in [4.69, 9.17) is 11.6 Å². The number of alkyl halides is 3. The molecule has 0 saturated heterocycles. The third-order valence-corrected chi connectivity index (χ3v) is 6.18. The number of carbonyl (C=O) groups is 1. The molecule has 0 radical (unpaired) electrons. The van der Waals surface area contributed by atoms with Gasteiger partial charge in [0.25, 0.3) is 0 Å². The number of carbonyl (C=O) groups excluding carboxylic acids is 1. The topological polar surface area (TPSA) is 54.9 Å². The highest BCUT2D eigenvalue weighted by molar-refractivity contribution is 6.31. The lowest BCUT2D eigenvalue weighted by molar-refractivity contribution is -0.137. The molecule has 1 unspecified atom stereocenters. The summed E-state index contributed by atoms with van der Waals surface area (Å²) >= 11 is 5.99. The molecule has 0 amide bonds. The molecule has 4 nitrogen and oxygen atoms in total. The molecule has 1 N–H and O–H groups in total. The summed E-state index contributed by atoms with van der Waals surface area (Å²) in [6, 6.07) is 9.15. The number of ketones is 1. The lowest BCUT2D eigenvalue weighted by Crippen LogP contribution is -2.21. The molecule has 1 fully saturated rings. The van der Waals surface area contributed by atoms with Crippen LogP contribution in [0, 0.1) is 12.8 Å². The highest BCUT2D eigenvalue weighted by atomic mass is 35.5. The van der Waals surface area contributed by atoms with Gasteiger partial charge < -0.3 is 5.32 Å². The molecule has 2 aromatic carbocycles. The lowest BCUT2D eigenvalue weighted by Gasteiger charge is -2.19. The van der Waals surface area contributed by atoms with E-state index in [9.17, 15) is 18.0 Å². The Balaban J connectivity index is 1.46. The van der Waals surface area contributed by atoms with Crippen molar-refractivity contribution in [3.63, 3.8) is 0 Å². The molecule has 0 bridgehead atoms. The molecule has 0 spiro atoms. The number of fused-ring (bicyclic) bond motifs is 1. The largest absolute Gasteiger partial charge is 0.417 e. The summed E-state index contributed by atoms with van der Waals surface area (Å²) in [7, 11) is 0. The Morgan fingerprint density at radius 1 is 1.06 bits per heavy atom. The van der Waals surface area contributed by atoms with E-state index in [1.54, 1.807) is 31.3 Å². The number of anilines is 1. The van der Waals surface area contributed by atoms with E-state index in [0.717, 1.165) is 24.4 Å². The minimum absolute atomic E-state index is 0.0754. The van der Waals surface area contributed by atoms with E-state index in [0.29, 0.717) is 41.2 Å². The fraction of sp³-hybridized carbons (Fsp3) is 0.375. The van der Waals surface area contributed by atoms with Crippen molar-refractivity contribution in [3.05, 3.63) is 64.3 Å². The van der Waals surface area contributed by atoms with Gasteiger partial charge in [-0.05, 0) is 62.9 Å². The molecule has 32 heavy (non-hydrogen) atoms. The van der Waals surface area contributed by atoms with E-state index in [1.807, 2.05) is 0 Å². The molecular weight excluding hydrogens is 439 g/mol. The van der Waals surface area contributed by atoms with Gasteiger partial charge in [0.15, 0.2) is 5.78 Å². The smallest absolute Gasteiger partial charge is 0.366 e. The minimum atomic E-state index is -4.55. The zero-order valence-corrected chi connectivity index (χ0v) is 18.3. The molecular formula is C24H23ClF3N3O. The van der Waals surface area contributed by atoms with Crippen LogP contribution in [-0.4, -0.2) is 21.8 Å². The molecule has 1 heterocycles. The first-order valence-electron chi connectivity index (χ1n) is 10.6. The van der Waals surface area contributed by atoms with Gasteiger partial charge in [0.05, 0.1) is 22.8 Å². The SMILES string of the molecule is Cc1ccc(C(F)(F)F)c(C(=O)C2CCC[C@H](Nc3cnc4cc(Cl)ccc4n3)CC2)c1. The highest BCUT2D eigenvalue weighted by Crippen LogP contribution is 2.36. The number of hydrogen-bond donors (Lipinski definition) is 1. The van der Waals surface area contributed by atoms with Crippen molar-refractivity contribution in [3.8, 4) is 0 Å². The molecule has 1 saturated carbocycles. The van der Waals surface area contributed by atoms with Crippen molar-refractivity contribution in [1.82, 2.24) is 9.97 Å². The molecule has 4 rings (SSSR count). The van der Waals surface area contributed by atoms with Gasteiger partial charge in [-0.3, -0.25) is 9.78 Å². The fourth-order valence-electron chi connectivity index (χ4n) is 4.30. The van der Waals surface area contributed by atoms with E-state index >= 15 is 0 Å². The number of nitrogens with zero attached hydrogens (tertiary/aromatic N) is 2.